The molecule has 3 heteroatoms. The Morgan fingerprint density at radius 2 is 2.11 bits per heavy atom. The molecule has 1 aromatic rings. The molecular formula is C15H25N3. The number of aromatic nitrogens is 2. The van der Waals surface area contributed by atoms with E-state index in [2.05, 4.69) is 43.8 Å². The Balaban J connectivity index is 2.23. The molecule has 0 bridgehead atoms. The first-order valence-corrected chi connectivity index (χ1v) is 6.88. The minimum absolute atomic E-state index is 0.564. The van der Waals surface area contributed by atoms with Gasteiger partial charge in [0.2, 0.25) is 0 Å². The molecule has 1 aromatic heterocycles. The average Bonchev–Trinajstić information content (AvgIpc) is 2.82. The number of rotatable bonds is 3. The maximum atomic E-state index is 4.56. The van der Waals surface area contributed by atoms with Gasteiger partial charge in [-0.15, -0.1) is 0 Å². The monoisotopic (exact) mass is 247 g/mol. The maximum Gasteiger partial charge on any atom is 0.0644 e. The van der Waals surface area contributed by atoms with E-state index in [1.807, 2.05) is 11.7 Å². The van der Waals surface area contributed by atoms with Crippen LogP contribution in [0.2, 0.25) is 0 Å². The molecule has 0 N–H and O–H groups in total. The normalized spacial score (nSPS) is 20.4. The Labute approximate surface area is 110 Å². The molecule has 1 aliphatic heterocycles. The number of hydrogen-bond acceptors (Lipinski definition) is 2. The lowest BCUT2D eigenvalue weighted by atomic mass is 10.0. The lowest BCUT2D eigenvalue weighted by Crippen LogP contribution is -2.24. The topological polar surface area (TPSA) is 21.1 Å². The highest BCUT2D eigenvalue weighted by atomic mass is 15.3. The van der Waals surface area contributed by atoms with Crippen LogP contribution in [0.25, 0.3) is 0 Å². The van der Waals surface area contributed by atoms with Crippen molar-refractivity contribution in [2.45, 2.75) is 46.6 Å². The van der Waals surface area contributed by atoms with Crippen LogP contribution in [0.3, 0.4) is 0 Å². The van der Waals surface area contributed by atoms with Gasteiger partial charge in [0.15, 0.2) is 0 Å². The molecule has 0 amide bonds. The van der Waals surface area contributed by atoms with Gasteiger partial charge in [-0.05, 0) is 47.1 Å². The van der Waals surface area contributed by atoms with Crippen molar-refractivity contribution in [1.29, 1.82) is 0 Å². The van der Waals surface area contributed by atoms with Gasteiger partial charge in [-0.1, -0.05) is 11.6 Å². The third-order valence-electron chi connectivity index (χ3n) is 4.00. The summed E-state index contributed by atoms with van der Waals surface area (Å²) in [6, 6.07) is 0.564. The van der Waals surface area contributed by atoms with Gasteiger partial charge in [-0.25, -0.2) is 0 Å². The van der Waals surface area contributed by atoms with Gasteiger partial charge >= 0.3 is 0 Å². The second-order valence-corrected chi connectivity index (χ2v) is 5.64. The second kappa shape index (κ2) is 5.27. The number of hydrogen-bond donors (Lipinski definition) is 0. The molecule has 3 nitrogen and oxygen atoms in total. The zero-order valence-corrected chi connectivity index (χ0v) is 12.3. The molecule has 1 aliphatic rings. The van der Waals surface area contributed by atoms with Crippen molar-refractivity contribution in [3.63, 3.8) is 0 Å². The number of aryl methyl sites for hydroxylation is 2. The zero-order chi connectivity index (χ0) is 13.3. The largest absolute Gasteiger partial charge is 0.293 e. The molecule has 2 rings (SSSR count). The first-order chi connectivity index (χ1) is 8.50. The average molecular weight is 247 g/mol. The smallest absolute Gasteiger partial charge is 0.0644 e. The molecule has 2 heterocycles. The van der Waals surface area contributed by atoms with E-state index in [0.29, 0.717) is 6.04 Å². The molecule has 18 heavy (non-hydrogen) atoms. The Bertz CT molecular complexity index is 453. The molecular weight excluding hydrogens is 222 g/mol. The molecule has 100 valence electrons. The van der Waals surface area contributed by atoms with Crippen LogP contribution in [0, 0.1) is 13.8 Å². The van der Waals surface area contributed by atoms with E-state index < -0.39 is 0 Å². The number of allylic oxidation sites excluding steroid dienone is 1. The number of nitrogens with zero attached hydrogens (tertiary/aromatic N) is 3. The van der Waals surface area contributed by atoms with Crippen molar-refractivity contribution >= 4 is 0 Å². The van der Waals surface area contributed by atoms with E-state index in [1.54, 1.807) is 0 Å². The van der Waals surface area contributed by atoms with Gasteiger partial charge in [0.25, 0.3) is 0 Å². The number of likely N-dealkylation sites (tertiary alicyclic amines) is 1. The SMILES string of the molecule is CC(C)=CCN1CCC[C@H]1c1c(C)nn(C)c1C. The quantitative estimate of drug-likeness (QED) is 0.765. The zero-order valence-electron chi connectivity index (χ0n) is 12.3. The molecule has 1 fully saturated rings. The molecule has 0 aliphatic carbocycles. The van der Waals surface area contributed by atoms with Crippen LogP contribution in [-0.2, 0) is 7.05 Å². The lowest BCUT2D eigenvalue weighted by molar-refractivity contribution is 0.283. The summed E-state index contributed by atoms with van der Waals surface area (Å²) < 4.78 is 2.02. The summed E-state index contributed by atoms with van der Waals surface area (Å²) in [4.78, 5) is 2.59. The van der Waals surface area contributed by atoms with Crippen LogP contribution < -0.4 is 0 Å². The van der Waals surface area contributed by atoms with E-state index in [9.17, 15) is 0 Å². The molecule has 1 atom stereocenters. The first-order valence-electron chi connectivity index (χ1n) is 6.88. The van der Waals surface area contributed by atoms with Crippen molar-refractivity contribution in [2.24, 2.45) is 7.05 Å². The van der Waals surface area contributed by atoms with Crippen molar-refractivity contribution in [2.75, 3.05) is 13.1 Å². The van der Waals surface area contributed by atoms with Crippen LogP contribution in [0.5, 0.6) is 0 Å². The van der Waals surface area contributed by atoms with Crippen LogP contribution >= 0.6 is 0 Å². The Kier molecular flexibility index (Phi) is 3.91. The van der Waals surface area contributed by atoms with E-state index in [-0.39, 0.29) is 0 Å². The molecule has 0 spiro atoms. The van der Waals surface area contributed by atoms with Crippen LogP contribution in [-0.4, -0.2) is 27.8 Å². The van der Waals surface area contributed by atoms with Crippen molar-refractivity contribution < 1.29 is 0 Å². The van der Waals surface area contributed by atoms with Crippen LogP contribution in [0.1, 0.15) is 49.7 Å². The van der Waals surface area contributed by atoms with Crippen LogP contribution in [0.15, 0.2) is 11.6 Å². The second-order valence-electron chi connectivity index (χ2n) is 5.64. The third kappa shape index (κ3) is 2.51. The summed E-state index contributed by atoms with van der Waals surface area (Å²) in [5.74, 6) is 0. The minimum Gasteiger partial charge on any atom is -0.293 e. The predicted molar refractivity (Wildman–Crippen MR) is 75.7 cm³/mol. The fourth-order valence-electron chi connectivity index (χ4n) is 2.94. The van der Waals surface area contributed by atoms with Gasteiger partial charge in [-0.2, -0.15) is 5.10 Å². The third-order valence-corrected chi connectivity index (χ3v) is 4.00. The minimum atomic E-state index is 0.564. The highest BCUT2D eigenvalue weighted by Gasteiger charge is 2.29. The molecule has 0 saturated carbocycles. The standard InChI is InChI=1S/C15H25N3/c1-11(2)8-10-18-9-6-7-14(18)15-12(3)16-17(5)13(15)4/h8,14H,6-7,9-10H2,1-5H3/t14-/m0/s1. The van der Waals surface area contributed by atoms with E-state index in [0.717, 1.165) is 6.54 Å². The molecule has 1 saturated heterocycles. The van der Waals surface area contributed by atoms with E-state index in [1.165, 1.54) is 41.9 Å². The van der Waals surface area contributed by atoms with Gasteiger partial charge < -0.3 is 0 Å². The maximum absolute atomic E-state index is 4.56. The summed E-state index contributed by atoms with van der Waals surface area (Å²) in [5.41, 5.74) is 5.38. The van der Waals surface area contributed by atoms with Crippen molar-refractivity contribution in [1.82, 2.24) is 14.7 Å². The first kappa shape index (κ1) is 13.3. The Hall–Kier alpha value is -1.09. The van der Waals surface area contributed by atoms with E-state index in [4.69, 9.17) is 0 Å². The van der Waals surface area contributed by atoms with Gasteiger partial charge in [-0.3, -0.25) is 9.58 Å². The fraction of sp³-hybridized carbons (Fsp3) is 0.667. The van der Waals surface area contributed by atoms with E-state index >= 15 is 0 Å². The summed E-state index contributed by atoms with van der Waals surface area (Å²) >= 11 is 0. The Morgan fingerprint density at radius 1 is 1.39 bits per heavy atom. The predicted octanol–water partition coefficient (Wildman–Crippen LogP) is 3.14. The van der Waals surface area contributed by atoms with Gasteiger partial charge in [0, 0.05) is 30.9 Å². The van der Waals surface area contributed by atoms with Crippen LogP contribution in [0.4, 0.5) is 0 Å². The highest BCUT2D eigenvalue weighted by molar-refractivity contribution is 5.29. The summed E-state index contributed by atoms with van der Waals surface area (Å²) in [7, 11) is 2.04. The van der Waals surface area contributed by atoms with Crippen molar-refractivity contribution in [3.05, 3.63) is 28.6 Å². The molecule has 0 unspecified atom stereocenters. The Morgan fingerprint density at radius 3 is 2.67 bits per heavy atom. The molecule has 0 aromatic carbocycles. The summed E-state index contributed by atoms with van der Waals surface area (Å²) in [5, 5.41) is 4.56. The fourth-order valence-corrected chi connectivity index (χ4v) is 2.94. The summed E-state index contributed by atoms with van der Waals surface area (Å²) in [6.07, 6.45) is 4.90. The van der Waals surface area contributed by atoms with Gasteiger partial charge in [0.1, 0.15) is 0 Å². The lowest BCUT2D eigenvalue weighted by Gasteiger charge is -2.24. The molecule has 0 radical (unpaired) electrons. The highest BCUT2D eigenvalue weighted by Crippen LogP contribution is 2.35. The van der Waals surface area contributed by atoms with Gasteiger partial charge in [0.05, 0.1) is 5.69 Å². The summed E-state index contributed by atoms with van der Waals surface area (Å²) in [6.45, 7) is 11.0. The van der Waals surface area contributed by atoms with Crippen molar-refractivity contribution in [3.8, 4) is 0 Å².